The molecule has 1 aromatic heterocycles. The summed E-state index contributed by atoms with van der Waals surface area (Å²) in [5.74, 6) is -0.537. The summed E-state index contributed by atoms with van der Waals surface area (Å²) in [6.07, 6.45) is 1.66. The van der Waals surface area contributed by atoms with E-state index in [0.717, 1.165) is 5.69 Å². The largest absolute Gasteiger partial charge is 0.469 e. The van der Waals surface area contributed by atoms with Gasteiger partial charge in [-0.2, -0.15) is 0 Å². The lowest BCUT2D eigenvalue weighted by molar-refractivity contribution is -0.142. The molecule has 0 N–H and O–H groups in total. The summed E-state index contributed by atoms with van der Waals surface area (Å²) in [6, 6.07) is 5.47. The van der Waals surface area contributed by atoms with E-state index in [1.807, 2.05) is 18.2 Å². The van der Waals surface area contributed by atoms with Crippen LogP contribution >= 0.6 is 0 Å². The average molecular weight is 165 g/mol. The maximum Gasteiger partial charge on any atom is 0.314 e. The van der Waals surface area contributed by atoms with Crippen molar-refractivity contribution in [3.05, 3.63) is 30.1 Å². The summed E-state index contributed by atoms with van der Waals surface area (Å²) in [6.45, 7) is 1.77. The first-order chi connectivity index (χ1) is 5.75. The first-order valence-electron chi connectivity index (χ1n) is 3.74. The Hall–Kier alpha value is -1.38. The van der Waals surface area contributed by atoms with Gasteiger partial charge in [0, 0.05) is 6.20 Å². The highest BCUT2D eigenvalue weighted by molar-refractivity contribution is 5.76. The van der Waals surface area contributed by atoms with Crippen LogP contribution in [0.5, 0.6) is 0 Å². The summed E-state index contributed by atoms with van der Waals surface area (Å²) >= 11 is 0. The Bertz CT molecular complexity index is 258. The van der Waals surface area contributed by atoms with E-state index in [-0.39, 0.29) is 11.9 Å². The molecule has 3 heteroatoms. The molecule has 12 heavy (non-hydrogen) atoms. The van der Waals surface area contributed by atoms with Crippen molar-refractivity contribution < 1.29 is 9.53 Å². The molecule has 1 heterocycles. The van der Waals surface area contributed by atoms with Crippen LogP contribution in [0.3, 0.4) is 0 Å². The van der Waals surface area contributed by atoms with Crippen molar-refractivity contribution in [2.75, 3.05) is 7.11 Å². The monoisotopic (exact) mass is 165 g/mol. The predicted molar refractivity (Wildman–Crippen MR) is 44.7 cm³/mol. The van der Waals surface area contributed by atoms with E-state index in [1.54, 1.807) is 13.1 Å². The Morgan fingerprint density at radius 1 is 1.58 bits per heavy atom. The van der Waals surface area contributed by atoms with Crippen LogP contribution in [0.15, 0.2) is 24.4 Å². The predicted octanol–water partition coefficient (Wildman–Crippen LogP) is 1.36. The number of nitrogens with zero attached hydrogens (tertiary/aromatic N) is 1. The molecule has 0 aromatic carbocycles. The quantitative estimate of drug-likeness (QED) is 0.621. The van der Waals surface area contributed by atoms with Crippen LogP contribution in [0.25, 0.3) is 0 Å². The van der Waals surface area contributed by atoms with Gasteiger partial charge in [-0.05, 0) is 19.1 Å². The highest BCUT2D eigenvalue weighted by atomic mass is 16.5. The third-order valence-corrected chi connectivity index (χ3v) is 1.69. The van der Waals surface area contributed by atoms with Crippen molar-refractivity contribution in [1.29, 1.82) is 0 Å². The molecule has 0 spiro atoms. The minimum atomic E-state index is -0.281. The second-order valence-electron chi connectivity index (χ2n) is 2.50. The molecule has 1 rings (SSSR count). The number of pyridine rings is 1. The fourth-order valence-corrected chi connectivity index (χ4v) is 0.930. The smallest absolute Gasteiger partial charge is 0.314 e. The van der Waals surface area contributed by atoms with E-state index in [4.69, 9.17) is 0 Å². The Morgan fingerprint density at radius 3 is 2.83 bits per heavy atom. The molecule has 0 aliphatic rings. The first kappa shape index (κ1) is 8.71. The summed E-state index contributed by atoms with van der Waals surface area (Å²) in [4.78, 5) is 15.1. The molecule has 1 aromatic rings. The van der Waals surface area contributed by atoms with Gasteiger partial charge in [-0.25, -0.2) is 0 Å². The Labute approximate surface area is 71.4 Å². The van der Waals surface area contributed by atoms with Crippen LogP contribution in [-0.4, -0.2) is 18.1 Å². The maximum absolute atomic E-state index is 11.1. The number of carbonyl (C=O) groups is 1. The van der Waals surface area contributed by atoms with Crippen molar-refractivity contribution >= 4 is 5.97 Å². The van der Waals surface area contributed by atoms with E-state index in [1.165, 1.54) is 7.11 Å². The molecule has 0 amide bonds. The molecule has 1 atom stereocenters. The lowest BCUT2D eigenvalue weighted by Gasteiger charge is -2.06. The molecule has 0 saturated carbocycles. The topological polar surface area (TPSA) is 39.2 Å². The van der Waals surface area contributed by atoms with Crippen molar-refractivity contribution in [2.24, 2.45) is 0 Å². The van der Waals surface area contributed by atoms with Gasteiger partial charge in [0.15, 0.2) is 0 Å². The van der Waals surface area contributed by atoms with Crippen LogP contribution in [0.2, 0.25) is 0 Å². The summed E-state index contributed by atoms with van der Waals surface area (Å²) in [5.41, 5.74) is 0.740. The summed E-state index contributed by atoms with van der Waals surface area (Å²) in [5, 5.41) is 0. The third-order valence-electron chi connectivity index (χ3n) is 1.69. The van der Waals surface area contributed by atoms with Crippen LogP contribution in [0.4, 0.5) is 0 Å². The van der Waals surface area contributed by atoms with Gasteiger partial charge in [0.25, 0.3) is 0 Å². The van der Waals surface area contributed by atoms with Gasteiger partial charge in [0.1, 0.15) is 0 Å². The number of esters is 1. The molecule has 3 nitrogen and oxygen atoms in total. The Kier molecular flexibility index (Phi) is 2.80. The van der Waals surface area contributed by atoms with Crippen LogP contribution in [-0.2, 0) is 9.53 Å². The molecule has 0 saturated heterocycles. The minimum absolute atomic E-state index is 0.256. The van der Waals surface area contributed by atoms with Crippen molar-refractivity contribution in [2.45, 2.75) is 12.8 Å². The van der Waals surface area contributed by atoms with Gasteiger partial charge in [0.05, 0.1) is 18.7 Å². The van der Waals surface area contributed by atoms with Gasteiger partial charge >= 0.3 is 5.97 Å². The minimum Gasteiger partial charge on any atom is -0.469 e. The zero-order valence-electron chi connectivity index (χ0n) is 7.15. The SMILES string of the molecule is COC(=O)[C@@H](C)c1ccccn1. The summed E-state index contributed by atoms with van der Waals surface area (Å²) < 4.78 is 4.59. The van der Waals surface area contributed by atoms with Crippen molar-refractivity contribution in [3.8, 4) is 0 Å². The Balaban J connectivity index is 2.78. The zero-order valence-corrected chi connectivity index (χ0v) is 7.15. The highest BCUT2D eigenvalue weighted by Gasteiger charge is 2.15. The number of hydrogen-bond donors (Lipinski definition) is 0. The van der Waals surface area contributed by atoms with Crippen molar-refractivity contribution in [3.63, 3.8) is 0 Å². The molecule has 0 radical (unpaired) electrons. The molecule has 0 aliphatic carbocycles. The van der Waals surface area contributed by atoms with Gasteiger partial charge in [0.2, 0.25) is 0 Å². The number of aromatic nitrogens is 1. The number of rotatable bonds is 2. The fraction of sp³-hybridized carbons (Fsp3) is 0.333. The van der Waals surface area contributed by atoms with E-state index >= 15 is 0 Å². The number of methoxy groups -OCH3 is 1. The molecule has 0 aliphatic heterocycles. The number of ether oxygens (including phenoxy) is 1. The lowest BCUT2D eigenvalue weighted by atomic mass is 10.1. The molecule has 64 valence electrons. The van der Waals surface area contributed by atoms with Crippen LogP contribution in [0, 0.1) is 0 Å². The normalized spacial score (nSPS) is 12.2. The van der Waals surface area contributed by atoms with Crippen LogP contribution < -0.4 is 0 Å². The number of carbonyl (C=O) groups excluding carboxylic acids is 1. The Morgan fingerprint density at radius 2 is 2.33 bits per heavy atom. The average Bonchev–Trinajstić information content (AvgIpc) is 2.17. The third kappa shape index (κ3) is 1.81. The van der Waals surface area contributed by atoms with E-state index in [0.29, 0.717) is 0 Å². The van der Waals surface area contributed by atoms with Gasteiger partial charge in [-0.15, -0.1) is 0 Å². The van der Waals surface area contributed by atoms with E-state index < -0.39 is 0 Å². The van der Waals surface area contributed by atoms with E-state index in [9.17, 15) is 4.79 Å². The van der Waals surface area contributed by atoms with E-state index in [2.05, 4.69) is 9.72 Å². The molecule has 0 fully saturated rings. The second-order valence-corrected chi connectivity index (χ2v) is 2.50. The molecular formula is C9H11NO2. The maximum atomic E-state index is 11.1. The van der Waals surface area contributed by atoms with Crippen LogP contribution in [0.1, 0.15) is 18.5 Å². The first-order valence-corrected chi connectivity index (χ1v) is 3.74. The lowest BCUT2D eigenvalue weighted by Crippen LogP contribution is -2.11. The fourth-order valence-electron chi connectivity index (χ4n) is 0.930. The number of hydrogen-bond acceptors (Lipinski definition) is 3. The van der Waals surface area contributed by atoms with Crippen molar-refractivity contribution in [1.82, 2.24) is 4.98 Å². The summed E-state index contributed by atoms with van der Waals surface area (Å²) in [7, 11) is 1.38. The standard InChI is InChI=1S/C9H11NO2/c1-7(9(11)12-2)8-5-3-4-6-10-8/h3-7H,1-2H3/t7-/m0/s1. The van der Waals surface area contributed by atoms with Gasteiger partial charge in [-0.1, -0.05) is 6.07 Å². The van der Waals surface area contributed by atoms with Gasteiger partial charge < -0.3 is 4.74 Å². The molecule has 0 bridgehead atoms. The second kappa shape index (κ2) is 3.85. The molecular weight excluding hydrogens is 154 g/mol. The zero-order chi connectivity index (χ0) is 8.97. The highest BCUT2D eigenvalue weighted by Crippen LogP contribution is 2.12. The molecule has 0 unspecified atom stereocenters. The van der Waals surface area contributed by atoms with Gasteiger partial charge in [-0.3, -0.25) is 9.78 Å².